The molecule has 0 amide bonds. The third-order valence-electron chi connectivity index (χ3n) is 4.55. The van der Waals surface area contributed by atoms with Crippen molar-refractivity contribution < 1.29 is 23.5 Å². The van der Waals surface area contributed by atoms with E-state index in [-0.39, 0.29) is 28.8 Å². The highest BCUT2D eigenvalue weighted by Gasteiger charge is 2.45. The van der Waals surface area contributed by atoms with Gasteiger partial charge in [0.1, 0.15) is 17.2 Å². The topological polar surface area (TPSA) is 78.6 Å². The van der Waals surface area contributed by atoms with Crippen LogP contribution in [0.15, 0.2) is 36.4 Å². The number of fused-ring (bicyclic) bond motifs is 1. The van der Waals surface area contributed by atoms with Crippen LogP contribution in [0.2, 0.25) is 5.02 Å². The number of hydrogen-bond acceptors (Lipinski definition) is 5. The van der Waals surface area contributed by atoms with E-state index in [1.807, 2.05) is 0 Å². The second-order valence-electron chi connectivity index (χ2n) is 6.99. The van der Waals surface area contributed by atoms with Gasteiger partial charge in [-0.05, 0) is 57.2 Å². The van der Waals surface area contributed by atoms with Gasteiger partial charge in [-0.2, -0.15) is 0 Å². The molecule has 150 valence electrons. The lowest BCUT2D eigenvalue weighted by molar-refractivity contribution is -0.0726. The van der Waals surface area contributed by atoms with Crippen LogP contribution in [0.4, 0.5) is 4.39 Å². The predicted molar refractivity (Wildman–Crippen MR) is 106 cm³/mol. The summed E-state index contributed by atoms with van der Waals surface area (Å²) in [6.45, 7) is 4.96. The van der Waals surface area contributed by atoms with Crippen LogP contribution in [0, 0.1) is 5.82 Å². The Morgan fingerprint density at radius 1 is 1.18 bits per heavy atom. The zero-order valence-corrected chi connectivity index (χ0v) is 17.1. The molecular weight excluding hydrogens is 408 g/mol. The first-order chi connectivity index (χ1) is 12.6. The van der Waals surface area contributed by atoms with Gasteiger partial charge >= 0.3 is 5.97 Å². The molecule has 0 spiro atoms. The summed E-state index contributed by atoms with van der Waals surface area (Å²) in [4.78, 5) is 24.2. The molecule has 0 aliphatic carbocycles. The molecule has 28 heavy (non-hydrogen) atoms. The number of ether oxygens (including phenoxy) is 2. The minimum Gasteiger partial charge on any atom is -0.484 e. The van der Waals surface area contributed by atoms with Crippen molar-refractivity contribution in [1.29, 1.82) is 0 Å². The van der Waals surface area contributed by atoms with E-state index in [9.17, 15) is 14.0 Å². The van der Waals surface area contributed by atoms with Crippen LogP contribution in [0.5, 0.6) is 5.75 Å². The number of halogens is 3. The molecule has 8 heteroatoms. The fourth-order valence-electron chi connectivity index (χ4n) is 3.08. The zero-order chi connectivity index (χ0) is 19.9. The van der Waals surface area contributed by atoms with Crippen LogP contribution >= 0.6 is 24.0 Å². The largest absolute Gasteiger partial charge is 0.484 e. The third-order valence-corrected chi connectivity index (χ3v) is 4.84. The minimum atomic E-state index is -0.913. The monoisotopic (exact) mass is 427 g/mol. The molecule has 2 aromatic rings. The summed E-state index contributed by atoms with van der Waals surface area (Å²) in [5.74, 6) is -0.893. The summed E-state index contributed by atoms with van der Waals surface area (Å²) in [6, 6.07) is 7.87. The first-order valence-electron chi connectivity index (χ1n) is 8.35. The Balaban J connectivity index is 0.00000280. The number of hydrogen-bond donors (Lipinski definition) is 1. The van der Waals surface area contributed by atoms with E-state index in [0.29, 0.717) is 16.9 Å². The summed E-state index contributed by atoms with van der Waals surface area (Å²) in [5.41, 5.74) is 6.62. The molecule has 1 aliphatic heterocycles. The fourth-order valence-corrected chi connectivity index (χ4v) is 3.26. The number of benzene rings is 2. The van der Waals surface area contributed by atoms with Crippen molar-refractivity contribution in [1.82, 2.24) is 0 Å². The Hall–Kier alpha value is -2.15. The molecule has 1 aliphatic rings. The first kappa shape index (κ1) is 22.1. The van der Waals surface area contributed by atoms with Gasteiger partial charge in [0.05, 0.1) is 16.6 Å². The Labute approximate surface area is 173 Å². The van der Waals surface area contributed by atoms with Gasteiger partial charge in [0.2, 0.25) is 0 Å². The summed E-state index contributed by atoms with van der Waals surface area (Å²) in [6.07, 6.45) is -0.830. The van der Waals surface area contributed by atoms with Crippen molar-refractivity contribution in [3.63, 3.8) is 0 Å². The number of Topliss-reactive ketones (excluding diaryl/α,β-unsaturated/α-hetero) is 1. The van der Waals surface area contributed by atoms with Gasteiger partial charge in [-0.3, -0.25) is 4.79 Å². The van der Waals surface area contributed by atoms with Crippen molar-refractivity contribution in [2.45, 2.75) is 38.5 Å². The number of carbonyl (C=O) groups is 2. The standard InChI is InChI=1S/C20H19ClFNO4.ClH/c1-10(24)11-5-7-16-13(8-11)17(23)18(20(2,3)27-16)26-19(25)12-4-6-15(22)14(21)9-12;/h4-9,17-18H,23H2,1-3H3;1H/t17-,18+;/m1./s1. The maximum atomic E-state index is 13.3. The Kier molecular flexibility index (Phi) is 6.38. The summed E-state index contributed by atoms with van der Waals surface area (Å²) >= 11 is 5.74. The second-order valence-corrected chi connectivity index (χ2v) is 7.40. The summed E-state index contributed by atoms with van der Waals surface area (Å²) < 4.78 is 24.9. The van der Waals surface area contributed by atoms with Crippen LogP contribution in [-0.2, 0) is 4.74 Å². The number of carbonyl (C=O) groups excluding carboxylic acids is 2. The van der Waals surface area contributed by atoms with Crippen molar-refractivity contribution in [2.75, 3.05) is 0 Å². The molecule has 0 unspecified atom stereocenters. The van der Waals surface area contributed by atoms with Gasteiger partial charge in [-0.15, -0.1) is 12.4 Å². The van der Waals surface area contributed by atoms with Crippen LogP contribution < -0.4 is 10.5 Å². The van der Waals surface area contributed by atoms with Crippen molar-refractivity contribution >= 4 is 35.8 Å². The van der Waals surface area contributed by atoms with Gasteiger partial charge in [0.15, 0.2) is 11.9 Å². The normalized spacial score (nSPS) is 19.6. The van der Waals surface area contributed by atoms with E-state index in [2.05, 4.69) is 0 Å². The van der Waals surface area contributed by atoms with Crippen molar-refractivity contribution in [3.05, 3.63) is 63.9 Å². The Morgan fingerprint density at radius 2 is 1.82 bits per heavy atom. The predicted octanol–water partition coefficient (Wildman–Crippen LogP) is 4.50. The van der Waals surface area contributed by atoms with Crippen LogP contribution in [0.1, 0.15) is 53.1 Å². The minimum absolute atomic E-state index is 0. The molecule has 0 bridgehead atoms. The van der Waals surface area contributed by atoms with Crippen molar-refractivity contribution in [2.24, 2.45) is 5.73 Å². The molecular formula is C20H20Cl2FNO4. The molecule has 0 saturated carbocycles. The van der Waals surface area contributed by atoms with Gasteiger partial charge in [-0.1, -0.05) is 11.6 Å². The highest BCUT2D eigenvalue weighted by atomic mass is 35.5. The molecule has 3 rings (SSSR count). The maximum Gasteiger partial charge on any atom is 0.338 e. The quantitative estimate of drug-likeness (QED) is 0.576. The molecule has 2 aromatic carbocycles. The lowest BCUT2D eigenvalue weighted by Crippen LogP contribution is -2.53. The SMILES string of the molecule is CC(=O)c1ccc2c(c1)[C@@H](N)[C@H](OC(=O)c1ccc(F)c(Cl)c1)C(C)(C)O2.Cl. The average molecular weight is 428 g/mol. The molecule has 1 heterocycles. The number of ketones is 1. The summed E-state index contributed by atoms with van der Waals surface area (Å²) in [7, 11) is 0. The molecule has 5 nitrogen and oxygen atoms in total. The van der Waals surface area contributed by atoms with Gasteiger partial charge < -0.3 is 15.2 Å². The molecule has 0 fully saturated rings. The van der Waals surface area contributed by atoms with Gasteiger partial charge in [0.25, 0.3) is 0 Å². The van der Waals surface area contributed by atoms with Gasteiger partial charge in [-0.25, -0.2) is 9.18 Å². The van der Waals surface area contributed by atoms with E-state index in [4.69, 9.17) is 26.8 Å². The lowest BCUT2D eigenvalue weighted by Gasteiger charge is -2.42. The van der Waals surface area contributed by atoms with E-state index < -0.39 is 29.5 Å². The van der Waals surface area contributed by atoms with E-state index in [0.717, 1.165) is 6.07 Å². The molecule has 0 radical (unpaired) electrons. The number of nitrogens with two attached hydrogens (primary N) is 1. The van der Waals surface area contributed by atoms with Gasteiger partial charge in [0, 0.05) is 11.1 Å². The lowest BCUT2D eigenvalue weighted by atomic mass is 9.86. The third kappa shape index (κ3) is 4.14. The fraction of sp³-hybridized carbons (Fsp3) is 0.300. The van der Waals surface area contributed by atoms with Crippen LogP contribution in [0.3, 0.4) is 0 Å². The number of esters is 1. The van der Waals surface area contributed by atoms with E-state index >= 15 is 0 Å². The van der Waals surface area contributed by atoms with E-state index in [1.54, 1.807) is 32.0 Å². The average Bonchev–Trinajstić information content (AvgIpc) is 2.60. The molecule has 0 saturated heterocycles. The first-order valence-corrected chi connectivity index (χ1v) is 8.73. The zero-order valence-electron chi connectivity index (χ0n) is 15.5. The van der Waals surface area contributed by atoms with E-state index in [1.165, 1.54) is 19.1 Å². The Morgan fingerprint density at radius 3 is 2.43 bits per heavy atom. The highest BCUT2D eigenvalue weighted by molar-refractivity contribution is 6.31. The Bertz CT molecular complexity index is 932. The smallest absolute Gasteiger partial charge is 0.338 e. The summed E-state index contributed by atoms with van der Waals surface area (Å²) in [5, 5.41) is -0.177. The second kappa shape index (κ2) is 8.07. The number of rotatable bonds is 3. The van der Waals surface area contributed by atoms with Crippen molar-refractivity contribution in [3.8, 4) is 5.75 Å². The molecule has 2 atom stereocenters. The highest BCUT2D eigenvalue weighted by Crippen LogP contribution is 2.41. The molecule has 0 aromatic heterocycles. The maximum absolute atomic E-state index is 13.3. The molecule has 2 N–H and O–H groups in total. The van der Waals surface area contributed by atoms with Crippen LogP contribution in [0.25, 0.3) is 0 Å². The van der Waals surface area contributed by atoms with Crippen LogP contribution in [-0.4, -0.2) is 23.5 Å².